The van der Waals surface area contributed by atoms with E-state index in [1.54, 1.807) is 6.20 Å². The van der Waals surface area contributed by atoms with Crippen molar-refractivity contribution in [3.05, 3.63) is 71.4 Å². The summed E-state index contributed by atoms with van der Waals surface area (Å²) in [4.78, 5) is 29.2. The number of hydrogen-bond acceptors (Lipinski definition) is 6. The molecule has 0 spiro atoms. The molecule has 4 rings (SSSR count). The number of carbonyl (C=O) groups is 2. The Morgan fingerprint density at radius 3 is 2.38 bits per heavy atom. The summed E-state index contributed by atoms with van der Waals surface area (Å²) in [5, 5.41) is 15.7. The van der Waals surface area contributed by atoms with Crippen LogP contribution in [0.5, 0.6) is 0 Å². The highest BCUT2D eigenvalue weighted by Gasteiger charge is 2.35. The average molecular weight is 537 g/mol. The maximum atomic E-state index is 12.6. The van der Waals surface area contributed by atoms with Crippen molar-refractivity contribution in [2.45, 2.75) is 79.3 Å². The lowest BCUT2D eigenvalue weighted by atomic mass is 9.91. The third-order valence-corrected chi connectivity index (χ3v) is 6.82. The summed E-state index contributed by atoms with van der Waals surface area (Å²) >= 11 is 0. The molecule has 0 saturated carbocycles. The van der Waals surface area contributed by atoms with E-state index >= 15 is 0 Å². The number of aryl methyl sites for hydroxylation is 2. The Bertz CT molecular complexity index is 1160. The average Bonchev–Trinajstić information content (AvgIpc) is 3.57. The van der Waals surface area contributed by atoms with E-state index in [0.717, 1.165) is 47.3 Å². The van der Waals surface area contributed by atoms with Crippen LogP contribution in [0.15, 0.2) is 53.3 Å². The summed E-state index contributed by atoms with van der Waals surface area (Å²) in [6.45, 7) is 14.9. The highest BCUT2D eigenvalue weighted by Crippen LogP contribution is 2.30. The van der Waals surface area contributed by atoms with Crippen LogP contribution in [0.2, 0.25) is 0 Å². The molecule has 39 heavy (non-hydrogen) atoms. The quantitative estimate of drug-likeness (QED) is 0.363. The normalized spacial score (nSPS) is 15.9. The molecule has 8 nitrogen and oxygen atoms in total. The summed E-state index contributed by atoms with van der Waals surface area (Å²) in [7, 11) is 0. The van der Waals surface area contributed by atoms with Gasteiger partial charge < -0.3 is 19.8 Å². The van der Waals surface area contributed by atoms with Gasteiger partial charge in [-0.05, 0) is 67.9 Å². The van der Waals surface area contributed by atoms with Crippen LogP contribution < -0.4 is 5.32 Å². The molecule has 3 unspecified atom stereocenters. The number of hydrogen-bond donors (Lipinski definition) is 2. The number of carbonyl (C=O) groups excluding carboxylic acids is 2. The first-order chi connectivity index (χ1) is 18.8. The fourth-order valence-corrected chi connectivity index (χ4v) is 4.73. The molecule has 2 N–H and O–H groups in total. The standard InChI is InChI=1S/C15H16N2O2.C14H22N2O2.C2H6/c1-11-8-16-7-6-14(11)12-2-4-13(5-3-12)15(9-18)17-10-19;1-9(2)13(12-8-10(3)15-18-12)14(17)16-7-5-6-11(16)4;1-2/h2-8,10,15,18H,9H2,1H3,(H,17,19);8-9,11,13H,5-7H2,1-4H3;1-2H3. The monoisotopic (exact) mass is 536 g/mol. The maximum absolute atomic E-state index is 12.6. The number of aliphatic hydroxyl groups excluding tert-OH is 1. The second-order valence-corrected chi connectivity index (χ2v) is 9.95. The van der Waals surface area contributed by atoms with E-state index in [0.29, 0.717) is 18.2 Å². The molecule has 1 fully saturated rings. The van der Waals surface area contributed by atoms with Crippen molar-refractivity contribution in [2.75, 3.05) is 13.2 Å². The zero-order valence-electron chi connectivity index (χ0n) is 24.3. The van der Waals surface area contributed by atoms with Gasteiger partial charge in [-0.2, -0.15) is 0 Å². The number of likely N-dealkylation sites (tertiary alicyclic amines) is 1. The van der Waals surface area contributed by atoms with Gasteiger partial charge in [-0.25, -0.2) is 0 Å². The van der Waals surface area contributed by atoms with Gasteiger partial charge in [-0.15, -0.1) is 0 Å². The minimum Gasteiger partial charge on any atom is -0.394 e. The number of amides is 2. The van der Waals surface area contributed by atoms with Crippen LogP contribution in [0.1, 0.15) is 82.0 Å². The second-order valence-electron chi connectivity index (χ2n) is 9.95. The van der Waals surface area contributed by atoms with Crippen molar-refractivity contribution < 1.29 is 19.2 Å². The molecule has 1 aliphatic heterocycles. The minimum absolute atomic E-state index is 0.119. The molecule has 0 radical (unpaired) electrons. The Morgan fingerprint density at radius 2 is 1.90 bits per heavy atom. The molecule has 212 valence electrons. The van der Waals surface area contributed by atoms with E-state index in [1.807, 2.05) is 75.2 Å². The number of nitrogens with one attached hydrogen (secondary N) is 1. The van der Waals surface area contributed by atoms with E-state index in [1.165, 1.54) is 0 Å². The molecular weight excluding hydrogens is 492 g/mol. The first-order valence-corrected chi connectivity index (χ1v) is 13.8. The van der Waals surface area contributed by atoms with Gasteiger partial charge in [-0.3, -0.25) is 14.6 Å². The lowest BCUT2D eigenvalue weighted by Gasteiger charge is -2.27. The van der Waals surface area contributed by atoms with Gasteiger partial charge in [0, 0.05) is 31.0 Å². The number of benzene rings is 1. The predicted molar refractivity (Wildman–Crippen MR) is 154 cm³/mol. The van der Waals surface area contributed by atoms with Crippen molar-refractivity contribution in [2.24, 2.45) is 5.92 Å². The Kier molecular flexibility index (Phi) is 12.8. The number of aliphatic hydroxyl groups is 1. The minimum atomic E-state index is -0.356. The Balaban J connectivity index is 0.000000258. The van der Waals surface area contributed by atoms with E-state index in [9.17, 15) is 14.7 Å². The van der Waals surface area contributed by atoms with Gasteiger partial charge in [0.05, 0.1) is 18.3 Å². The van der Waals surface area contributed by atoms with Gasteiger partial charge >= 0.3 is 0 Å². The topological polar surface area (TPSA) is 109 Å². The summed E-state index contributed by atoms with van der Waals surface area (Å²) in [6.07, 6.45) is 6.40. The number of nitrogens with zero attached hydrogens (tertiary/aromatic N) is 3. The molecule has 1 aromatic carbocycles. The highest BCUT2D eigenvalue weighted by atomic mass is 16.5. The summed E-state index contributed by atoms with van der Waals surface area (Å²) in [5.74, 6) is 0.905. The summed E-state index contributed by atoms with van der Waals surface area (Å²) in [6, 6.07) is 11.6. The van der Waals surface area contributed by atoms with Crippen molar-refractivity contribution >= 4 is 12.3 Å². The Hall–Kier alpha value is -3.52. The van der Waals surface area contributed by atoms with Crippen molar-refractivity contribution in [3.8, 4) is 11.1 Å². The van der Waals surface area contributed by atoms with Gasteiger partial charge in [0.1, 0.15) is 11.7 Å². The smallest absolute Gasteiger partial charge is 0.233 e. The maximum Gasteiger partial charge on any atom is 0.233 e. The number of pyridine rings is 1. The fraction of sp³-hybridized carbons (Fsp3) is 0.484. The van der Waals surface area contributed by atoms with E-state index in [-0.39, 0.29) is 30.4 Å². The fourth-order valence-electron chi connectivity index (χ4n) is 4.73. The van der Waals surface area contributed by atoms with Crippen LogP contribution in [-0.4, -0.2) is 51.7 Å². The zero-order chi connectivity index (χ0) is 28.9. The van der Waals surface area contributed by atoms with Crippen molar-refractivity contribution in [3.63, 3.8) is 0 Å². The largest absolute Gasteiger partial charge is 0.394 e. The lowest BCUT2D eigenvalue weighted by Crippen LogP contribution is -2.38. The molecule has 0 bridgehead atoms. The van der Waals surface area contributed by atoms with Crippen LogP contribution in [0.25, 0.3) is 11.1 Å². The molecule has 2 aromatic heterocycles. The second kappa shape index (κ2) is 15.8. The molecule has 0 aliphatic carbocycles. The third kappa shape index (κ3) is 8.48. The van der Waals surface area contributed by atoms with E-state index in [2.05, 4.69) is 36.2 Å². The third-order valence-electron chi connectivity index (χ3n) is 6.82. The van der Waals surface area contributed by atoms with Crippen LogP contribution in [-0.2, 0) is 9.59 Å². The molecular formula is C31H44N4O4. The molecule has 3 aromatic rings. The van der Waals surface area contributed by atoms with E-state index < -0.39 is 0 Å². The summed E-state index contributed by atoms with van der Waals surface area (Å²) < 4.78 is 5.31. The molecule has 1 aliphatic rings. The van der Waals surface area contributed by atoms with Gasteiger partial charge in [-0.1, -0.05) is 57.1 Å². The van der Waals surface area contributed by atoms with Crippen molar-refractivity contribution in [1.29, 1.82) is 0 Å². The molecule has 3 atom stereocenters. The lowest BCUT2D eigenvalue weighted by molar-refractivity contribution is -0.134. The molecule has 3 heterocycles. The van der Waals surface area contributed by atoms with E-state index in [4.69, 9.17) is 4.52 Å². The number of aromatic nitrogens is 2. The highest BCUT2D eigenvalue weighted by molar-refractivity contribution is 5.84. The molecule has 8 heteroatoms. The van der Waals surface area contributed by atoms with Crippen LogP contribution in [0, 0.1) is 19.8 Å². The zero-order valence-corrected chi connectivity index (χ0v) is 24.3. The SMILES string of the molecule is CC.Cc1cc(C(C(=O)N2CCCC2C)C(C)C)on1.Cc1cnccc1-c1ccc(C(CO)NC=O)cc1. The van der Waals surface area contributed by atoms with Crippen molar-refractivity contribution in [1.82, 2.24) is 20.4 Å². The van der Waals surface area contributed by atoms with Crippen LogP contribution in [0.4, 0.5) is 0 Å². The van der Waals surface area contributed by atoms with Gasteiger partial charge in [0.2, 0.25) is 12.3 Å². The predicted octanol–water partition coefficient (Wildman–Crippen LogP) is 5.60. The Labute approximate surface area is 232 Å². The number of rotatable bonds is 8. The summed E-state index contributed by atoms with van der Waals surface area (Å²) in [5.41, 5.74) is 5.04. The van der Waals surface area contributed by atoms with Gasteiger partial charge in [0.15, 0.2) is 0 Å². The Morgan fingerprint density at radius 1 is 1.21 bits per heavy atom. The first kappa shape index (κ1) is 31.7. The van der Waals surface area contributed by atoms with Crippen LogP contribution in [0.3, 0.4) is 0 Å². The molecule has 1 saturated heterocycles. The van der Waals surface area contributed by atoms with Crippen LogP contribution >= 0.6 is 0 Å². The first-order valence-electron chi connectivity index (χ1n) is 13.8. The molecule has 2 amide bonds. The van der Waals surface area contributed by atoms with Gasteiger partial charge in [0.25, 0.3) is 0 Å².